The zero-order valence-corrected chi connectivity index (χ0v) is 11.4. The van der Waals surface area contributed by atoms with Crippen LogP contribution in [0.15, 0.2) is 42.5 Å². The molecule has 0 unspecified atom stereocenters. The second-order valence-corrected chi connectivity index (χ2v) is 4.45. The summed E-state index contributed by atoms with van der Waals surface area (Å²) in [5.41, 5.74) is 0.906. The molecule has 0 heterocycles. The topological polar surface area (TPSA) is 83.8 Å². The molecule has 21 heavy (non-hydrogen) atoms. The number of carbonyl (C=O) groups is 2. The van der Waals surface area contributed by atoms with Gasteiger partial charge in [0.25, 0.3) is 0 Å². The molecular weight excluding hydrogens is 272 g/mol. The van der Waals surface area contributed by atoms with Crippen LogP contribution < -0.4 is 4.74 Å². The van der Waals surface area contributed by atoms with E-state index in [1.165, 1.54) is 31.4 Å². The number of ether oxygens (including phenoxy) is 1. The molecule has 2 rings (SSSR count). The maximum atomic E-state index is 12.2. The third kappa shape index (κ3) is 3.20. The van der Waals surface area contributed by atoms with E-state index in [4.69, 9.17) is 9.84 Å². The minimum atomic E-state index is -1.07. The van der Waals surface area contributed by atoms with Crippen LogP contribution >= 0.6 is 0 Å². The van der Waals surface area contributed by atoms with Gasteiger partial charge in [-0.25, -0.2) is 4.79 Å². The lowest BCUT2D eigenvalue weighted by atomic mass is 9.98. The number of ketones is 1. The molecule has 2 N–H and O–H groups in total. The van der Waals surface area contributed by atoms with Gasteiger partial charge in [0.1, 0.15) is 0 Å². The molecule has 0 bridgehead atoms. The van der Waals surface area contributed by atoms with Crippen LogP contribution in [0.3, 0.4) is 0 Å². The standard InChI is InChI=1S/C16H14O5/c1-21-15-9-11(6-7-13(15)17)14(18)8-10-4-2-3-5-12(10)16(19)20/h2-7,9,17H,8H2,1H3,(H,19,20). The molecule has 0 amide bonds. The van der Waals surface area contributed by atoms with Crippen LogP contribution in [0.25, 0.3) is 0 Å². The average molecular weight is 286 g/mol. The van der Waals surface area contributed by atoms with Crippen LogP contribution in [-0.4, -0.2) is 29.1 Å². The van der Waals surface area contributed by atoms with Crippen molar-refractivity contribution < 1.29 is 24.5 Å². The maximum Gasteiger partial charge on any atom is 0.335 e. The number of hydrogen-bond acceptors (Lipinski definition) is 4. The number of hydrogen-bond donors (Lipinski definition) is 2. The molecule has 5 heteroatoms. The van der Waals surface area contributed by atoms with Gasteiger partial charge in [0.05, 0.1) is 12.7 Å². The molecule has 2 aromatic carbocycles. The summed E-state index contributed by atoms with van der Waals surface area (Å²) in [6.07, 6.45) is -0.0313. The molecule has 5 nitrogen and oxygen atoms in total. The van der Waals surface area contributed by atoms with Crippen molar-refractivity contribution >= 4 is 11.8 Å². The summed E-state index contributed by atoms with van der Waals surface area (Å²) in [6, 6.07) is 10.6. The normalized spacial score (nSPS) is 10.1. The number of aromatic hydroxyl groups is 1. The second kappa shape index (κ2) is 6.09. The average Bonchev–Trinajstić information content (AvgIpc) is 2.48. The summed E-state index contributed by atoms with van der Waals surface area (Å²) in [5.74, 6) is -1.17. The Morgan fingerprint density at radius 2 is 1.86 bits per heavy atom. The van der Waals surface area contributed by atoms with Crippen molar-refractivity contribution in [3.05, 3.63) is 59.2 Å². The number of phenols is 1. The first-order valence-electron chi connectivity index (χ1n) is 6.24. The number of aromatic carboxylic acids is 1. The smallest absolute Gasteiger partial charge is 0.335 e. The van der Waals surface area contributed by atoms with Crippen molar-refractivity contribution in [1.29, 1.82) is 0 Å². The Hall–Kier alpha value is -2.82. The van der Waals surface area contributed by atoms with Crippen LogP contribution in [0, 0.1) is 0 Å². The Bertz CT molecular complexity index is 691. The molecule has 0 saturated carbocycles. The SMILES string of the molecule is COc1cc(C(=O)Cc2ccccc2C(=O)O)ccc1O. The predicted octanol–water partition coefficient (Wildman–Crippen LogP) is 2.52. The molecule has 0 saturated heterocycles. The first kappa shape index (κ1) is 14.6. The van der Waals surface area contributed by atoms with Gasteiger partial charge >= 0.3 is 5.97 Å². The van der Waals surface area contributed by atoms with E-state index in [-0.39, 0.29) is 29.3 Å². The van der Waals surface area contributed by atoms with E-state index in [1.807, 2.05) is 0 Å². The minimum absolute atomic E-state index is 0.0313. The molecule has 0 spiro atoms. The van der Waals surface area contributed by atoms with Crippen molar-refractivity contribution in [2.24, 2.45) is 0 Å². The number of rotatable bonds is 5. The van der Waals surface area contributed by atoms with E-state index in [9.17, 15) is 14.7 Å². The van der Waals surface area contributed by atoms with Crippen molar-refractivity contribution in [1.82, 2.24) is 0 Å². The summed E-state index contributed by atoms with van der Waals surface area (Å²) < 4.78 is 4.95. The second-order valence-electron chi connectivity index (χ2n) is 4.45. The van der Waals surface area contributed by atoms with Crippen LogP contribution in [-0.2, 0) is 6.42 Å². The van der Waals surface area contributed by atoms with Crippen LogP contribution in [0.2, 0.25) is 0 Å². The van der Waals surface area contributed by atoms with Gasteiger partial charge in [-0.3, -0.25) is 4.79 Å². The van der Waals surface area contributed by atoms with Gasteiger partial charge in [0, 0.05) is 12.0 Å². The Balaban J connectivity index is 2.28. The first-order valence-corrected chi connectivity index (χ1v) is 6.24. The molecule has 0 aromatic heterocycles. The molecule has 0 aliphatic rings. The van der Waals surface area contributed by atoms with E-state index < -0.39 is 5.97 Å². The number of methoxy groups -OCH3 is 1. The lowest BCUT2D eigenvalue weighted by Crippen LogP contribution is -2.09. The Morgan fingerprint density at radius 1 is 1.14 bits per heavy atom. The zero-order chi connectivity index (χ0) is 15.4. The lowest BCUT2D eigenvalue weighted by molar-refractivity contribution is 0.0696. The van der Waals surface area contributed by atoms with Crippen molar-refractivity contribution in [2.75, 3.05) is 7.11 Å². The third-order valence-electron chi connectivity index (χ3n) is 3.10. The predicted molar refractivity (Wildman–Crippen MR) is 76.1 cm³/mol. The lowest BCUT2D eigenvalue weighted by Gasteiger charge is -2.08. The highest BCUT2D eigenvalue weighted by Gasteiger charge is 2.15. The van der Waals surface area contributed by atoms with E-state index in [2.05, 4.69) is 0 Å². The van der Waals surface area contributed by atoms with Gasteiger partial charge in [-0.1, -0.05) is 18.2 Å². The fourth-order valence-corrected chi connectivity index (χ4v) is 2.01. The number of benzene rings is 2. The number of Topliss-reactive ketones (excluding diaryl/α,β-unsaturated/α-hetero) is 1. The maximum absolute atomic E-state index is 12.2. The highest BCUT2D eigenvalue weighted by molar-refractivity contribution is 6.00. The summed E-state index contributed by atoms with van der Waals surface area (Å²) in [7, 11) is 1.39. The quantitative estimate of drug-likeness (QED) is 0.825. The fourth-order valence-electron chi connectivity index (χ4n) is 2.01. The van der Waals surface area contributed by atoms with Crippen LogP contribution in [0.5, 0.6) is 11.5 Å². The van der Waals surface area contributed by atoms with Crippen molar-refractivity contribution in [3.8, 4) is 11.5 Å². The monoisotopic (exact) mass is 286 g/mol. The Kier molecular flexibility index (Phi) is 4.23. The summed E-state index contributed by atoms with van der Waals surface area (Å²) in [6.45, 7) is 0. The van der Waals surface area contributed by atoms with E-state index in [1.54, 1.807) is 18.2 Å². The van der Waals surface area contributed by atoms with Gasteiger partial charge in [-0.15, -0.1) is 0 Å². The van der Waals surface area contributed by atoms with Gasteiger partial charge in [-0.2, -0.15) is 0 Å². The first-order chi connectivity index (χ1) is 10.0. The summed E-state index contributed by atoms with van der Waals surface area (Å²) in [4.78, 5) is 23.4. The summed E-state index contributed by atoms with van der Waals surface area (Å²) in [5, 5.41) is 18.6. The molecule has 0 radical (unpaired) electrons. The Labute approximate surface area is 121 Å². The van der Waals surface area contributed by atoms with E-state index in [0.29, 0.717) is 11.1 Å². The van der Waals surface area contributed by atoms with Gasteiger partial charge in [0.2, 0.25) is 0 Å². The summed E-state index contributed by atoms with van der Waals surface area (Å²) >= 11 is 0. The number of carboxylic acids is 1. The van der Waals surface area contributed by atoms with E-state index in [0.717, 1.165) is 0 Å². The van der Waals surface area contributed by atoms with Crippen LogP contribution in [0.4, 0.5) is 0 Å². The molecule has 0 atom stereocenters. The molecule has 108 valence electrons. The number of carboxylic acid groups (broad SMARTS) is 1. The van der Waals surface area contributed by atoms with Gasteiger partial charge in [-0.05, 0) is 29.8 Å². The highest BCUT2D eigenvalue weighted by atomic mass is 16.5. The molecular formula is C16H14O5. The van der Waals surface area contributed by atoms with Gasteiger partial charge in [0.15, 0.2) is 17.3 Å². The number of phenolic OH excluding ortho intramolecular Hbond substituents is 1. The highest BCUT2D eigenvalue weighted by Crippen LogP contribution is 2.27. The van der Waals surface area contributed by atoms with E-state index >= 15 is 0 Å². The Morgan fingerprint density at radius 3 is 2.52 bits per heavy atom. The van der Waals surface area contributed by atoms with Crippen molar-refractivity contribution in [2.45, 2.75) is 6.42 Å². The molecule has 0 aliphatic heterocycles. The minimum Gasteiger partial charge on any atom is -0.504 e. The fraction of sp³-hybridized carbons (Fsp3) is 0.125. The third-order valence-corrected chi connectivity index (χ3v) is 3.10. The van der Waals surface area contributed by atoms with Crippen molar-refractivity contribution in [3.63, 3.8) is 0 Å². The molecule has 0 aliphatic carbocycles. The van der Waals surface area contributed by atoms with Gasteiger partial charge < -0.3 is 14.9 Å². The van der Waals surface area contributed by atoms with Crippen LogP contribution in [0.1, 0.15) is 26.3 Å². The molecule has 0 fully saturated rings. The largest absolute Gasteiger partial charge is 0.504 e. The number of carbonyl (C=O) groups excluding carboxylic acids is 1. The molecule has 2 aromatic rings. The zero-order valence-electron chi connectivity index (χ0n) is 11.4.